The van der Waals surface area contributed by atoms with Crippen LogP contribution in [0, 0.1) is 0 Å². The molecule has 0 unspecified atom stereocenters. The second-order valence-electron chi connectivity index (χ2n) is 5.06. The molecule has 7 heteroatoms. The van der Waals surface area contributed by atoms with Crippen molar-refractivity contribution in [3.8, 4) is 0 Å². The predicted octanol–water partition coefficient (Wildman–Crippen LogP) is 1.85. The summed E-state index contributed by atoms with van der Waals surface area (Å²) in [6.07, 6.45) is 6.83. The van der Waals surface area contributed by atoms with Crippen LogP contribution in [-0.4, -0.2) is 45.4 Å². The fraction of sp³-hybridized carbons (Fsp3) is 0.500. The molecule has 0 radical (unpaired) electrons. The molecule has 7 nitrogen and oxygen atoms in total. The SMILES string of the molecule is CCn1ncc2c(NC3CCOCC3)c(C=NO)cnc21. The number of rotatable bonds is 4. The molecule has 2 aromatic heterocycles. The van der Waals surface area contributed by atoms with Crippen molar-refractivity contribution in [3.63, 3.8) is 0 Å². The van der Waals surface area contributed by atoms with Gasteiger partial charge in [0.05, 0.1) is 23.5 Å². The summed E-state index contributed by atoms with van der Waals surface area (Å²) < 4.78 is 7.24. The van der Waals surface area contributed by atoms with Gasteiger partial charge in [-0.25, -0.2) is 9.67 Å². The number of anilines is 1. The number of hydrogen-bond acceptors (Lipinski definition) is 6. The summed E-state index contributed by atoms with van der Waals surface area (Å²) in [5, 5.41) is 20.8. The molecular weight excluding hydrogens is 270 g/mol. The highest BCUT2D eigenvalue weighted by atomic mass is 16.5. The minimum atomic E-state index is 0.347. The van der Waals surface area contributed by atoms with Crippen molar-refractivity contribution in [2.24, 2.45) is 5.16 Å². The lowest BCUT2D eigenvalue weighted by molar-refractivity contribution is 0.0905. The predicted molar refractivity (Wildman–Crippen MR) is 80.0 cm³/mol. The Morgan fingerprint density at radius 1 is 1.48 bits per heavy atom. The number of fused-ring (bicyclic) bond motifs is 1. The molecule has 2 N–H and O–H groups in total. The van der Waals surface area contributed by atoms with Crippen LogP contribution in [-0.2, 0) is 11.3 Å². The van der Waals surface area contributed by atoms with Gasteiger partial charge in [-0.05, 0) is 19.8 Å². The molecule has 0 saturated carbocycles. The Kier molecular flexibility index (Phi) is 4.01. The Balaban J connectivity index is 2.02. The van der Waals surface area contributed by atoms with Crippen molar-refractivity contribution in [1.82, 2.24) is 14.8 Å². The molecule has 112 valence electrons. The van der Waals surface area contributed by atoms with E-state index in [1.165, 1.54) is 6.21 Å². The molecule has 0 aromatic carbocycles. The number of pyridine rings is 1. The lowest BCUT2D eigenvalue weighted by Crippen LogP contribution is -2.28. The third-order valence-corrected chi connectivity index (χ3v) is 3.76. The highest BCUT2D eigenvalue weighted by Crippen LogP contribution is 2.27. The van der Waals surface area contributed by atoms with Gasteiger partial charge in [-0.15, -0.1) is 0 Å². The van der Waals surface area contributed by atoms with Crippen LogP contribution in [0.1, 0.15) is 25.3 Å². The first-order chi connectivity index (χ1) is 10.3. The molecule has 2 aromatic rings. The van der Waals surface area contributed by atoms with Gasteiger partial charge in [0.15, 0.2) is 5.65 Å². The highest BCUT2D eigenvalue weighted by Gasteiger charge is 2.18. The number of aryl methyl sites for hydroxylation is 1. The van der Waals surface area contributed by atoms with E-state index in [-0.39, 0.29) is 0 Å². The average molecular weight is 289 g/mol. The Morgan fingerprint density at radius 2 is 2.29 bits per heavy atom. The topological polar surface area (TPSA) is 84.6 Å². The van der Waals surface area contributed by atoms with Crippen LogP contribution in [0.25, 0.3) is 11.0 Å². The van der Waals surface area contributed by atoms with E-state index >= 15 is 0 Å². The van der Waals surface area contributed by atoms with Gasteiger partial charge in [0, 0.05) is 37.6 Å². The minimum Gasteiger partial charge on any atom is -0.411 e. The zero-order chi connectivity index (χ0) is 14.7. The Hall–Kier alpha value is -2.15. The van der Waals surface area contributed by atoms with Gasteiger partial charge in [-0.3, -0.25) is 0 Å². The minimum absolute atomic E-state index is 0.347. The van der Waals surface area contributed by atoms with Gasteiger partial charge in [-0.2, -0.15) is 5.10 Å². The summed E-state index contributed by atoms with van der Waals surface area (Å²) in [6.45, 7) is 4.33. The number of nitrogens with one attached hydrogen (secondary N) is 1. The van der Waals surface area contributed by atoms with Crippen molar-refractivity contribution in [2.75, 3.05) is 18.5 Å². The molecule has 0 spiro atoms. The molecule has 1 aliphatic heterocycles. The number of hydrogen-bond donors (Lipinski definition) is 2. The summed E-state index contributed by atoms with van der Waals surface area (Å²) in [7, 11) is 0. The normalized spacial score (nSPS) is 16.8. The van der Waals surface area contributed by atoms with E-state index in [4.69, 9.17) is 9.94 Å². The molecular formula is C14H19N5O2. The fourth-order valence-electron chi connectivity index (χ4n) is 2.64. The molecule has 3 rings (SSSR count). The summed E-state index contributed by atoms with van der Waals surface area (Å²) >= 11 is 0. The van der Waals surface area contributed by atoms with Gasteiger partial charge in [0.25, 0.3) is 0 Å². The smallest absolute Gasteiger partial charge is 0.159 e. The molecule has 0 atom stereocenters. The average Bonchev–Trinajstić information content (AvgIpc) is 2.94. The van der Waals surface area contributed by atoms with Gasteiger partial charge in [0.1, 0.15) is 0 Å². The van der Waals surface area contributed by atoms with Crippen LogP contribution in [0.15, 0.2) is 17.5 Å². The monoisotopic (exact) mass is 289 g/mol. The number of nitrogens with zero attached hydrogens (tertiary/aromatic N) is 4. The van der Waals surface area contributed by atoms with Crippen LogP contribution in [0.5, 0.6) is 0 Å². The van der Waals surface area contributed by atoms with E-state index in [9.17, 15) is 0 Å². The first-order valence-corrected chi connectivity index (χ1v) is 7.19. The van der Waals surface area contributed by atoms with Crippen LogP contribution >= 0.6 is 0 Å². The first-order valence-electron chi connectivity index (χ1n) is 7.19. The largest absolute Gasteiger partial charge is 0.411 e. The number of oxime groups is 1. The third kappa shape index (κ3) is 2.69. The number of ether oxygens (including phenoxy) is 1. The van der Waals surface area contributed by atoms with Gasteiger partial charge >= 0.3 is 0 Å². The lowest BCUT2D eigenvalue weighted by Gasteiger charge is -2.25. The fourth-order valence-corrected chi connectivity index (χ4v) is 2.64. The van der Waals surface area contributed by atoms with Crippen LogP contribution in [0.4, 0.5) is 5.69 Å². The van der Waals surface area contributed by atoms with Crippen LogP contribution < -0.4 is 5.32 Å². The van der Waals surface area contributed by atoms with Crippen molar-refractivity contribution in [3.05, 3.63) is 18.0 Å². The standard InChI is InChI=1S/C14H19N5O2/c1-2-19-14-12(9-16-19)13(10(7-15-14)8-17-20)18-11-3-5-21-6-4-11/h7-9,11,20H,2-6H2,1H3,(H,15,18). The summed E-state index contributed by atoms with van der Waals surface area (Å²) in [5.41, 5.74) is 2.51. The second-order valence-corrected chi connectivity index (χ2v) is 5.06. The van der Waals surface area contributed by atoms with Crippen molar-refractivity contribution >= 4 is 22.9 Å². The quantitative estimate of drug-likeness (QED) is 0.510. The van der Waals surface area contributed by atoms with Crippen LogP contribution in [0.3, 0.4) is 0 Å². The van der Waals surface area contributed by atoms with E-state index < -0.39 is 0 Å². The molecule has 0 bridgehead atoms. The summed E-state index contributed by atoms with van der Waals surface area (Å²) in [6, 6.07) is 0.347. The molecule has 21 heavy (non-hydrogen) atoms. The molecule has 1 fully saturated rings. The molecule has 0 aliphatic carbocycles. The van der Waals surface area contributed by atoms with E-state index in [0.717, 1.165) is 54.9 Å². The Morgan fingerprint density at radius 3 is 3.00 bits per heavy atom. The van der Waals surface area contributed by atoms with Crippen molar-refractivity contribution in [2.45, 2.75) is 32.4 Å². The Bertz CT molecular complexity index is 646. The van der Waals surface area contributed by atoms with Gasteiger partial charge in [0.2, 0.25) is 0 Å². The van der Waals surface area contributed by atoms with E-state index in [1.54, 1.807) is 6.20 Å². The van der Waals surface area contributed by atoms with Crippen molar-refractivity contribution in [1.29, 1.82) is 0 Å². The molecule has 1 aliphatic rings. The lowest BCUT2D eigenvalue weighted by atomic mass is 10.1. The zero-order valence-electron chi connectivity index (χ0n) is 12.0. The maximum atomic E-state index is 8.85. The number of aromatic nitrogens is 3. The Labute approximate surface area is 122 Å². The molecule has 1 saturated heterocycles. The maximum absolute atomic E-state index is 8.85. The van der Waals surface area contributed by atoms with Crippen LogP contribution in [0.2, 0.25) is 0 Å². The summed E-state index contributed by atoms with van der Waals surface area (Å²) in [4.78, 5) is 4.42. The second kappa shape index (κ2) is 6.09. The van der Waals surface area contributed by atoms with E-state index in [1.807, 2.05) is 17.8 Å². The molecule has 0 amide bonds. The summed E-state index contributed by atoms with van der Waals surface area (Å²) in [5.74, 6) is 0. The zero-order valence-corrected chi connectivity index (χ0v) is 12.0. The van der Waals surface area contributed by atoms with Gasteiger partial charge < -0.3 is 15.3 Å². The maximum Gasteiger partial charge on any atom is 0.159 e. The van der Waals surface area contributed by atoms with E-state index in [2.05, 4.69) is 20.6 Å². The first kappa shape index (κ1) is 13.8. The molecule has 3 heterocycles. The van der Waals surface area contributed by atoms with Gasteiger partial charge in [-0.1, -0.05) is 5.16 Å². The van der Waals surface area contributed by atoms with E-state index in [0.29, 0.717) is 6.04 Å². The third-order valence-electron chi connectivity index (χ3n) is 3.76. The highest BCUT2D eigenvalue weighted by molar-refractivity contribution is 6.00. The van der Waals surface area contributed by atoms with Crippen molar-refractivity contribution < 1.29 is 9.94 Å².